The first kappa shape index (κ1) is 20.9. The second-order valence-corrected chi connectivity index (χ2v) is 8.20. The number of rotatable bonds is 5. The Bertz CT molecular complexity index is 1170. The summed E-state index contributed by atoms with van der Waals surface area (Å²) in [5.41, 5.74) is 2.54. The second-order valence-electron chi connectivity index (χ2n) is 7.76. The first-order valence-electron chi connectivity index (χ1n) is 9.68. The van der Waals surface area contributed by atoms with Crippen molar-refractivity contribution < 1.29 is 18.7 Å². The number of hydrogen-bond acceptors (Lipinski definition) is 6. The number of nitriles is 1. The van der Waals surface area contributed by atoms with E-state index in [2.05, 4.69) is 16.4 Å². The molecule has 0 radical (unpaired) electrons. The molecule has 0 bridgehead atoms. The number of carbonyl (C=O) groups excluding carboxylic acids is 1. The summed E-state index contributed by atoms with van der Waals surface area (Å²) in [4.78, 5) is 16.9. The van der Waals surface area contributed by atoms with Crippen LogP contribution in [-0.2, 0) is 22.6 Å². The highest BCUT2D eigenvalue weighted by Gasteiger charge is 2.33. The summed E-state index contributed by atoms with van der Waals surface area (Å²) in [6.45, 7) is 3.91. The number of fused-ring (bicyclic) bond motifs is 1. The maximum absolute atomic E-state index is 12.4. The molecule has 1 aliphatic rings. The summed E-state index contributed by atoms with van der Waals surface area (Å²) < 4.78 is 17.2. The van der Waals surface area contributed by atoms with E-state index in [1.54, 1.807) is 42.7 Å². The van der Waals surface area contributed by atoms with Crippen LogP contribution in [0, 0.1) is 11.3 Å². The van der Waals surface area contributed by atoms with E-state index >= 15 is 0 Å². The third-order valence-electron chi connectivity index (χ3n) is 4.90. The number of anilines is 1. The van der Waals surface area contributed by atoms with Gasteiger partial charge in [0.15, 0.2) is 12.4 Å². The zero-order chi connectivity index (χ0) is 22.0. The molecule has 7 nitrogen and oxygen atoms in total. The molecule has 31 heavy (non-hydrogen) atoms. The van der Waals surface area contributed by atoms with Crippen LogP contribution < -0.4 is 10.1 Å². The molecule has 0 atom stereocenters. The topological polar surface area (TPSA) is 97.4 Å². The van der Waals surface area contributed by atoms with Gasteiger partial charge in [-0.05, 0) is 49.7 Å². The summed E-state index contributed by atoms with van der Waals surface area (Å²) in [6.07, 6.45) is 2.06. The molecule has 1 aliphatic heterocycles. The van der Waals surface area contributed by atoms with E-state index < -0.39 is 11.5 Å². The van der Waals surface area contributed by atoms with Crippen LogP contribution in [0.1, 0.15) is 30.5 Å². The number of furan rings is 1. The van der Waals surface area contributed by atoms with Crippen molar-refractivity contribution in [3.63, 3.8) is 0 Å². The van der Waals surface area contributed by atoms with Gasteiger partial charge in [0, 0.05) is 22.7 Å². The summed E-state index contributed by atoms with van der Waals surface area (Å²) in [5.74, 6) is 0.234. The number of nitrogens with zero attached hydrogens (tertiary/aromatic N) is 2. The second kappa shape index (κ2) is 8.42. The van der Waals surface area contributed by atoms with E-state index in [1.165, 1.54) is 0 Å². The van der Waals surface area contributed by atoms with Gasteiger partial charge in [0.05, 0.1) is 18.5 Å². The lowest BCUT2D eigenvalue weighted by Gasteiger charge is -2.33. The van der Waals surface area contributed by atoms with Crippen LogP contribution in [0.25, 0.3) is 11.5 Å². The zero-order valence-corrected chi connectivity index (χ0v) is 17.8. The highest BCUT2D eigenvalue weighted by Crippen LogP contribution is 2.38. The van der Waals surface area contributed by atoms with E-state index in [0.717, 1.165) is 11.1 Å². The van der Waals surface area contributed by atoms with E-state index in [-0.39, 0.29) is 12.5 Å². The summed E-state index contributed by atoms with van der Waals surface area (Å²) in [5, 5.41) is 13.1. The predicted octanol–water partition coefficient (Wildman–Crippen LogP) is 4.74. The van der Waals surface area contributed by atoms with Crippen molar-refractivity contribution in [2.24, 2.45) is 0 Å². The Morgan fingerprint density at radius 3 is 2.87 bits per heavy atom. The van der Waals surface area contributed by atoms with Crippen LogP contribution in [-0.4, -0.2) is 23.1 Å². The van der Waals surface area contributed by atoms with Gasteiger partial charge in [-0.2, -0.15) is 5.26 Å². The smallest absolute Gasteiger partial charge is 0.262 e. The van der Waals surface area contributed by atoms with Crippen molar-refractivity contribution in [2.75, 3.05) is 11.9 Å². The number of nitrogens with one attached hydrogen (secondary N) is 1. The van der Waals surface area contributed by atoms with Crippen molar-refractivity contribution in [3.05, 3.63) is 64.4 Å². The van der Waals surface area contributed by atoms with Crippen LogP contribution in [0.5, 0.6) is 5.88 Å². The minimum atomic E-state index is -0.443. The third kappa shape index (κ3) is 4.55. The average molecular weight is 438 g/mol. The largest absolute Gasteiger partial charge is 0.467 e. The molecule has 0 fully saturated rings. The predicted molar refractivity (Wildman–Crippen MR) is 115 cm³/mol. The Balaban J connectivity index is 1.65. The number of ether oxygens (including phenoxy) is 2. The SMILES string of the molecule is CC1(C)Cc2c(C#N)c(OCC(=O)Nc3cccc(Cl)c3)nc(-c3ccco3)c2CO1. The Hall–Kier alpha value is -3.34. The first-order valence-corrected chi connectivity index (χ1v) is 10.1. The molecule has 0 spiro atoms. The molecule has 1 N–H and O–H groups in total. The highest BCUT2D eigenvalue weighted by atomic mass is 35.5. The molecule has 1 amide bonds. The highest BCUT2D eigenvalue weighted by molar-refractivity contribution is 6.30. The van der Waals surface area contributed by atoms with Gasteiger partial charge in [0.2, 0.25) is 5.88 Å². The van der Waals surface area contributed by atoms with Crippen molar-refractivity contribution in [3.8, 4) is 23.4 Å². The van der Waals surface area contributed by atoms with Crippen molar-refractivity contribution in [1.29, 1.82) is 5.26 Å². The van der Waals surface area contributed by atoms with E-state index in [1.807, 2.05) is 13.8 Å². The molecule has 0 unspecified atom stereocenters. The molecule has 0 aliphatic carbocycles. The summed E-state index contributed by atoms with van der Waals surface area (Å²) in [6, 6.07) is 12.5. The fraction of sp³-hybridized carbons (Fsp3) is 0.261. The Morgan fingerprint density at radius 2 is 2.16 bits per heavy atom. The van der Waals surface area contributed by atoms with Crippen molar-refractivity contribution in [1.82, 2.24) is 4.98 Å². The van der Waals surface area contributed by atoms with Gasteiger partial charge in [0.1, 0.15) is 17.3 Å². The van der Waals surface area contributed by atoms with Gasteiger partial charge in [-0.15, -0.1) is 0 Å². The van der Waals surface area contributed by atoms with Crippen LogP contribution in [0.15, 0.2) is 47.1 Å². The van der Waals surface area contributed by atoms with Crippen LogP contribution in [0.4, 0.5) is 5.69 Å². The zero-order valence-electron chi connectivity index (χ0n) is 17.1. The Labute approximate surface area is 184 Å². The number of hydrogen-bond donors (Lipinski definition) is 1. The lowest BCUT2D eigenvalue weighted by atomic mass is 9.88. The minimum Gasteiger partial charge on any atom is -0.467 e. The van der Waals surface area contributed by atoms with Crippen LogP contribution >= 0.6 is 11.6 Å². The van der Waals surface area contributed by atoms with E-state index in [0.29, 0.717) is 40.8 Å². The van der Waals surface area contributed by atoms with Gasteiger partial charge in [-0.1, -0.05) is 17.7 Å². The first-order chi connectivity index (χ1) is 14.9. The maximum Gasteiger partial charge on any atom is 0.262 e. The quantitative estimate of drug-likeness (QED) is 0.619. The number of halogens is 1. The van der Waals surface area contributed by atoms with Gasteiger partial charge >= 0.3 is 0 Å². The molecule has 3 heterocycles. The molecule has 0 saturated heterocycles. The van der Waals surface area contributed by atoms with Crippen LogP contribution in [0.3, 0.4) is 0 Å². The fourth-order valence-corrected chi connectivity index (χ4v) is 3.67. The average Bonchev–Trinajstić information content (AvgIpc) is 3.25. The minimum absolute atomic E-state index is 0.0894. The number of amides is 1. The number of aromatic nitrogens is 1. The molecular formula is C23H20ClN3O4. The molecule has 158 valence electrons. The van der Waals surface area contributed by atoms with Crippen LogP contribution in [0.2, 0.25) is 5.02 Å². The summed E-state index contributed by atoms with van der Waals surface area (Å²) in [7, 11) is 0. The van der Waals surface area contributed by atoms with Gasteiger partial charge in [-0.3, -0.25) is 4.79 Å². The molecule has 8 heteroatoms. The molecule has 0 saturated carbocycles. The molecule has 4 rings (SSSR count). The summed E-state index contributed by atoms with van der Waals surface area (Å²) >= 11 is 5.95. The van der Waals surface area contributed by atoms with Crippen molar-refractivity contribution >= 4 is 23.2 Å². The number of carbonyl (C=O) groups is 1. The number of benzene rings is 1. The van der Waals surface area contributed by atoms with Gasteiger partial charge < -0.3 is 19.2 Å². The molecule has 2 aromatic heterocycles. The molecule has 3 aromatic rings. The normalized spacial score (nSPS) is 14.4. The fourth-order valence-electron chi connectivity index (χ4n) is 3.48. The molecular weight excluding hydrogens is 418 g/mol. The van der Waals surface area contributed by atoms with Crippen molar-refractivity contribution in [2.45, 2.75) is 32.5 Å². The Morgan fingerprint density at radius 1 is 1.32 bits per heavy atom. The molecule has 1 aromatic carbocycles. The lowest BCUT2D eigenvalue weighted by Crippen LogP contribution is -2.33. The van der Waals surface area contributed by atoms with E-state index in [4.69, 9.17) is 25.5 Å². The Kier molecular flexibility index (Phi) is 5.68. The third-order valence-corrected chi connectivity index (χ3v) is 5.14. The van der Waals surface area contributed by atoms with Gasteiger partial charge in [-0.25, -0.2) is 4.98 Å². The maximum atomic E-state index is 12.4. The van der Waals surface area contributed by atoms with Gasteiger partial charge in [0.25, 0.3) is 5.91 Å². The number of pyridine rings is 1. The standard InChI is InChI=1S/C23H20ClN3O4/c1-23(2)10-16-17(11-25)22(27-21(18(16)12-31-23)19-7-4-8-29-19)30-13-20(28)26-15-6-3-5-14(24)9-15/h3-9H,10,12-13H2,1-2H3,(H,26,28). The monoisotopic (exact) mass is 437 g/mol. The lowest BCUT2D eigenvalue weighted by molar-refractivity contribution is -0.118. The van der Waals surface area contributed by atoms with E-state index in [9.17, 15) is 10.1 Å².